The van der Waals surface area contributed by atoms with E-state index in [1.165, 1.54) is 89.9 Å². The molecule has 2 atom stereocenters. The molecule has 0 bridgehead atoms. The molecule has 0 aromatic rings. The van der Waals surface area contributed by atoms with Gasteiger partial charge in [-0.15, -0.1) is 0 Å². The van der Waals surface area contributed by atoms with Gasteiger partial charge < -0.3 is 14.9 Å². The van der Waals surface area contributed by atoms with Gasteiger partial charge in [0.15, 0.2) is 6.10 Å². The van der Waals surface area contributed by atoms with Crippen LogP contribution in [0, 0.1) is 0 Å². The van der Waals surface area contributed by atoms with E-state index in [9.17, 15) is 15.0 Å². The number of aliphatic hydroxyl groups is 2. The fourth-order valence-electron chi connectivity index (χ4n) is 3.84. The van der Waals surface area contributed by atoms with Crippen molar-refractivity contribution in [3.8, 4) is 0 Å². The third kappa shape index (κ3) is 20.7. The quantitative estimate of drug-likeness (QED) is 0.101. The molecule has 0 fully saturated rings. The van der Waals surface area contributed by atoms with Gasteiger partial charge in [-0.25, -0.2) is 4.79 Å². The molecule has 0 saturated carbocycles. The molecule has 4 nitrogen and oxygen atoms in total. The lowest BCUT2D eigenvalue weighted by Crippen LogP contribution is -2.28. The second-order valence-corrected chi connectivity index (χ2v) is 9.00. The number of rotatable bonds is 23. The van der Waals surface area contributed by atoms with E-state index in [-0.39, 0.29) is 0 Å². The minimum Gasteiger partial charge on any atom is -0.434 e. The smallest absolute Gasteiger partial charge is 0.337 e. The van der Waals surface area contributed by atoms with E-state index in [0.717, 1.165) is 32.1 Å². The fourth-order valence-corrected chi connectivity index (χ4v) is 3.84. The number of aliphatic hydroxyl groups excluding tert-OH is 2. The lowest BCUT2D eigenvalue weighted by molar-refractivity contribution is -0.178. The molecule has 2 N–H and O–H groups in total. The summed E-state index contributed by atoms with van der Waals surface area (Å²) in [6, 6.07) is 0. The molecule has 0 aromatic heterocycles. The predicted octanol–water partition coefficient (Wildman–Crippen LogP) is 7.44. The van der Waals surface area contributed by atoms with Crippen molar-refractivity contribution in [2.75, 3.05) is 0 Å². The van der Waals surface area contributed by atoms with Gasteiger partial charge in [-0.1, -0.05) is 129 Å². The van der Waals surface area contributed by atoms with Crippen molar-refractivity contribution in [1.82, 2.24) is 0 Å². The molecular weight excluding hydrogens is 376 g/mol. The molecule has 0 aliphatic carbocycles. The van der Waals surface area contributed by atoms with Crippen LogP contribution in [0.25, 0.3) is 0 Å². The molecule has 4 heteroatoms. The van der Waals surface area contributed by atoms with Gasteiger partial charge in [0, 0.05) is 6.42 Å². The standard InChI is InChI=1S/C26H52O4/c1-3-5-7-9-10-11-12-13-14-15-16-17-19-20-22-24(27)26(29)30-25(28)23-21-18-8-6-4-2/h24-25,27-28H,3-23H2,1-2H3. The van der Waals surface area contributed by atoms with Gasteiger partial charge in [-0.3, -0.25) is 0 Å². The molecule has 0 saturated heterocycles. The first-order valence-electron chi connectivity index (χ1n) is 13.2. The van der Waals surface area contributed by atoms with E-state index in [1.807, 2.05) is 0 Å². The number of hydrogen-bond donors (Lipinski definition) is 2. The summed E-state index contributed by atoms with van der Waals surface area (Å²) in [6.45, 7) is 4.43. The topological polar surface area (TPSA) is 66.8 Å². The minimum absolute atomic E-state index is 0.431. The van der Waals surface area contributed by atoms with E-state index in [1.54, 1.807) is 0 Å². The lowest BCUT2D eigenvalue weighted by atomic mass is 10.0. The van der Waals surface area contributed by atoms with Crippen LogP contribution >= 0.6 is 0 Å². The highest BCUT2D eigenvalue weighted by Gasteiger charge is 2.19. The van der Waals surface area contributed by atoms with Crippen molar-refractivity contribution in [2.45, 2.75) is 161 Å². The molecular formula is C26H52O4. The van der Waals surface area contributed by atoms with Crippen LogP contribution in [0.1, 0.15) is 149 Å². The molecule has 180 valence electrons. The molecule has 0 heterocycles. The molecule has 0 spiro atoms. The van der Waals surface area contributed by atoms with Gasteiger partial charge in [0.25, 0.3) is 0 Å². The van der Waals surface area contributed by atoms with E-state index < -0.39 is 18.4 Å². The Morgan fingerprint density at radius 3 is 1.30 bits per heavy atom. The van der Waals surface area contributed by atoms with Gasteiger partial charge >= 0.3 is 5.97 Å². The Morgan fingerprint density at radius 2 is 0.900 bits per heavy atom. The van der Waals surface area contributed by atoms with Crippen LogP contribution in [-0.4, -0.2) is 28.6 Å². The fraction of sp³-hybridized carbons (Fsp3) is 0.962. The van der Waals surface area contributed by atoms with E-state index in [2.05, 4.69) is 13.8 Å². The highest BCUT2D eigenvalue weighted by Crippen LogP contribution is 2.14. The zero-order valence-electron chi connectivity index (χ0n) is 20.2. The molecule has 0 aliphatic heterocycles. The number of unbranched alkanes of at least 4 members (excludes halogenated alkanes) is 17. The summed E-state index contributed by atoms with van der Waals surface area (Å²) in [5.74, 6) is -0.675. The summed E-state index contributed by atoms with van der Waals surface area (Å²) in [6.07, 6.45) is 22.1. The van der Waals surface area contributed by atoms with Crippen LogP contribution in [0.2, 0.25) is 0 Å². The van der Waals surface area contributed by atoms with Crippen molar-refractivity contribution < 1.29 is 19.7 Å². The third-order valence-corrected chi connectivity index (χ3v) is 5.91. The van der Waals surface area contributed by atoms with Crippen LogP contribution in [-0.2, 0) is 9.53 Å². The second kappa shape index (κ2) is 23.1. The Kier molecular flexibility index (Phi) is 22.6. The van der Waals surface area contributed by atoms with Crippen LogP contribution in [0.4, 0.5) is 0 Å². The summed E-state index contributed by atoms with van der Waals surface area (Å²) < 4.78 is 4.95. The molecule has 0 aromatic carbocycles. The number of carbonyl (C=O) groups is 1. The first-order chi connectivity index (χ1) is 14.6. The van der Waals surface area contributed by atoms with E-state index >= 15 is 0 Å². The summed E-state index contributed by atoms with van der Waals surface area (Å²) in [4.78, 5) is 11.8. The van der Waals surface area contributed by atoms with Crippen LogP contribution < -0.4 is 0 Å². The van der Waals surface area contributed by atoms with Gasteiger partial charge in [0.1, 0.15) is 0 Å². The first-order valence-corrected chi connectivity index (χ1v) is 13.2. The molecule has 0 rings (SSSR count). The highest BCUT2D eigenvalue weighted by atomic mass is 16.6. The average Bonchev–Trinajstić information content (AvgIpc) is 2.73. The molecule has 0 amide bonds. The van der Waals surface area contributed by atoms with Crippen LogP contribution in [0.3, 0.4) is 0 Å². The monoisotopic (exact) mass is 428 g/mol. The lowest BCUT2D eigenvalue weighted by Gasteiger charge is -2.15. The normalized spacial score (nSPS) is 13.3. The number of carbonyl (C=O) groups excluding carboxylic acids is 1. The maximum Gasteiger partial charge on any atom is 0.337 e. The van der Waals surface area contributed by atoms with E-state index in [4.69, 9.17) is 4.74 Å². The summed E-state index contributed by atoms with van der Waals surface area (Å²) >= 11 is 0. The third-order valence-electron chi connectivity index (χ3n) is 5.91. The number of esters is 1. The van der Waals surface area contributed by atoms with Crippen molar-refractivity contribution in [3.63, 3.8) is 0 Å². The van der Waals surface area contributed by atoms with Gasteiger partial charge in [0.05, 0.1) is 0 Å². The highest BCUT2D eigenvalue weighted by molar-refractivity contribution is 5.74. The number of hydrogen-bond acceptors (Lipinski definition) is 4. The Hall–Kier alpha value is -0.610. The Balaban J connectivity index is 3.41. The summed E-state index contributed by atoms with van der Waals surface area (Å²) in [5, 5.41) is 19.7. The molecule has 0 aliphatic rings. The zero-order chi connectivity index (χ0) is 22.3. The van der Waals surface area contributed by atoms with Gasteiger partial charge in [-0.05, 0) is 12.8 Å². The second-order valence-electron chi connectivity index (χ2n) is 9.00. The maximum absolute atomic E-state index is 11.8. The molecule has 2 unspecified atom stereocenters. The van der Waals surface area contributed by atoms with E-state index in [0.29, 0.717) is 12.8 Å². The van der Waals surface area contributed by atoms with Crippen molar-refractivity contribution in [2.24, 2.45) is 0 Å². The molecule has 30 heavy (non-hydrogen) atoms. The van der Waals surface area contributed by atoms with Gasteiger partial charge in [-0.2, -0.15) is 0 Å². The first kappa shape index (κ1) is 29.4. The number of ether oxygens (including phenoxy) is 1. The zero-order valence-corrected chi connectivity index (χ0v) is 20.2. The Morgan fingerprint density at radius 1 is 0.567 bits per heavy atom. The Labute approximate surface area is 187 Å². The van der Waals surface area contributed by atoms with Crippen molar-refractivity contribution >= 4 is 5.97 Å². The van der Waals surface area contributed by atoms with Crippen molar-refractivity contribution in [3.05, 3.63) is 0 Å². The SMILES string of the molecule is CCCCCCCCCCCCCCCCC(O)C(=O)OC(O)CCCCCCC. The maximum atomic E-state index is 11.8. The largest absolute Gasteiger partial charge is 0.434 e. The summed E-state index contributed by atoms with van der Waals surface area (Å²) in [7, 11) is 0. The van der Waals surface area contributed by atoms with Crippen LogP contribution in [0.5, 0.6) is 0 Å². The average molecular weight is 429 g/mol. The van der Waals surface area contributed by atoms with Crippen molar-refractivity contribution in [1.29, 1.82) is 0 Å². The Bertz CT molecular complexity index is 359. The minimum atomic E-state index is -1.10. The van der Waals surface area contributed by atoms with Gasteiger partial charge in [0.2, 0.25) is 6.29 Å². The van der Waals surface area contributed by atoms with Crippen LogP contribution in [0.15, 0.2) is 0 Å². The molecule has 0 radical (unpaired) electrons. The summed E-state index contributed by atoms with van der Waals surface area (Å²) in [5.41, 5.74) is 0. The predicted molar refractivity (Wildman–Crippen MR) is 126 cm³/mol.